The predicted octanol–water partition coefficient (Wildman–Crippen LogP) is 3.73. The molecule has 7 nitrogen and oxygen atoms in total. The van der Waals surface area contributed by atoms with Crippen LogP contribution >= 0.6 is 0 Å². The van der Waals surface area contributed by atoms with Crippen molar-refractivity contribution in [2.45, 2.75) is 58.1 Å². The van der Waals surface area contributed by atoms with Gasteiger partial charge in [-0.2, -0.15) is 5.10 Å². The highest BCUT2D eigenvalue weighted by atomic mass is 16.5. The first kappa shape index (κ1) is 21.5. The summed E-state index contributed by atoms with van der Waals surface area (Å²) in [6, 6.07) is 11.7. The van der Waals surface area contributed by atoms with Gasteiger partial charge >= 0.3 is 0 Å². The van der Waals surface area contributed by atoms with Gasteiger partial charge < -0.3 is 14.8 Å². The minimum Gasteiger partial charge on any atom is -0.483 e. The summed E-state index contributed by atoms with van der Waals surface area (Å²) in [6.07, 6.45) is 7.03. The van der Waals surface area contributed by atoms with E-state index >= 15 is 0 Å². The van der Waals surface area contributed by atoms with E-state index in [-0.39, 0.29) is 18.1 Å². The zero-order valence-corrected chi connectivity index (χ0v) is 19.3. The van der Waals surface area contributed by atoms with Crippen molar-refractivity contribution in [1.29, 1.82) is 0 Å². The lowest BCUT2D eigenvalue weighted by atomic mass is 9.95. The van der Waals surface area contributed by atoms with Gasteiger partial charge in [0, 0.05) is 36.0 Å². The standard InChI is InChI=1S/C26H30N4O3/c1-26(2)16-18-8-7-12-22(25(18)33-26)32-17-23(31)28-14-15-30-21-11-4-3-9-19(21)24(29-30)20-10-5-6-13-27-20/h5-8,10,12-13H,3-4,9,11,14-17H2,1-2H3,(H,28,31). The van der Waals surface area contributed by atoms with Crippen LogP contribution < -0.4 is 14.8 Å². The number of nitrogens with zero attached hydrogens (tertiary/aromatic N) is 3. The molecule has 33 heavy (non-hydrogen) atoms. The summed E-state index contributed by atoms with van der Waals surface area (Å²) in [5.74, 6) is 1.21. The summed E-state index contributed by atoms with van der Waals surface area (Å²) in [5, 5.41) is 7.82. The third-order valence-electron chi connectivity index (χ3n) is 6.22. The van der Waals surface area contributed by atoms with Crippen LogP contribution in [-0.4, -0.2) is 39.4 Å². The van der Waals surface area contributed by atoms with E-state index in [1.165, 1.54) is 24.1 Å². The van der Waals surface area contributed by atoms with E-state index in [0.29, 0.717) is 18.8 Å². The smallest absolute Gasteiger partial charge is 0.258 e. The normalized spacial score (nSPS) is 15.9. The molecule has 2 aromatic heterocycles. The van der Waals surface area contributed by atoms with Crippen LogP contribution in [0.25, 0.3) is 11.4 Å². The number of hydrogen-bond donors (Lipinski definition) is 1. The maximum absolute atomic E-state index is 12.4. The lowest BCUT2D eigenvalue weighted by molar-refractivity contribution is -0.123. The van der Waals surface area contributed by atoms with Gasteiger partial charge in [0.2, 0.25) is 0 Å². The Kier molecular flexibility index (Phi) is 5.79. The lowest BCUT2D eigenvalue weighted by Crippen LogP contribution is -2.32. The number of rotatable bonds is 7. The monoisotopic (exact) mass is 446 g/mol. The van der Waals surface area contributed by atoms with Gasteiger partial charge in [-0.1, -0.05) is 18.2 Å². The van der Waals surface area contributed by atoms with Crippen LogP contribution in [0, 0.1) is 0 Å². The minimum absolute atomic E-state index is 0.0450. The molecule has 1 aliphatic carbocycles. The van der Waals surface area contributed by atoms with Crippen molar-refractivity contribution in [3.05, 3.63) is 59.4 Å². The lowest BCUT2D eigenvalue weighted by Gasteiger charge is -2.18. The van der Waals surface area contributed by atoms with Crippen LogP contribution in [0.15, 0.2) is 42.6 Å². The van der Waals surface area contributed by atoms with Gasteiger partial charge in [-0.05, 0) is 57.7 Å². The van der Waals surface area contributed by atoms with Gasteiger partial charge in [0.05, 0.1) is 12.2 Å². The molecule has 0 bridgehead atoms. The van der Waals surface area contributed by atoms with E-state index in [1.54, 1.807) is 6.20 Å². The Morgan fingerprint density at radius 1 is 1.18 bits per heavy atom. The molecule has 172 valence electrons. The Bertz CT molecular complexity index is 1150. The molecule has 1 amide bonds. The molecule has 5 rings (SSSR count). The van der Waals surface area contributed by atoms with Crippen molar-refractivity contribution >= 4 is 5.91 Å². The van der Waals surface area contributed by atoms with Crippen LogP contribution in [-0.2, 0) is 30.6 Å². The van der Waals surface area contributed by atoms with Crippen LogP contribution in [0.1, 0.15) is 43.5 Å². The van der Waals surface area contributed by atoms with Gasteiger partial charge in [-0.15, -0.1) is 0 Å². The first-order valence-corrected chi connectivity index (χ1v) is 11.7. The van der Waals surface area contributed by atoms with E-state index < -0.39 is 0 Å². The Morgan fingerprint density at radius 2 is 2.06 bits per heavy atom. The largest absolute Gasteiger partial charge is 0.483 e. The second kappa shape index (κ2) is 8.89. The second-order valence-electron chi connectivity index (χ2n) is 9.34. The first-order chi connectivity index (χ1) is 16.0. The van der Waals surface area contributed by atoms with E-state index in [0.717, 1.165) is 42.0 Å². The highest BCUT2D eigenvalue weighted by Crippen LogP contribution is 2.41. The fourth-order valence-corrected chi connectivity index (χ4v) is 4.76. The third kappa shape index (κ3) is 4.58. The Balaban J connectivity index is 1.19. The molecular formula is C26H30N4O3. The maximum Gasteiger partial charge on any atom is 0.258 e. The number of amides is 1. The SMILES string of the molecule is CC1(C)Cc2cccc(OCC(=O)NCCn3nc(-c4ccccn4)c4c3CCCC4)c2O1. The highest BCUT2D eigenvalue weighted by molar-refractivity contribution is 5.77. The summed E-state index contributed by atoms with van der Waals surface area (Å²) < 4.78 is 13.8. The minimum atomic E-state index is -0.249. The number of hydrogen-bond acceptors (Lipinski definition) is 5. The van der Waals surface area contributed by atoms with Gasteiger partial charge in [-0.3, -0.25) is 14.5 Å². The van der Waals surface area contributed by atoms with Crippen molar-refractivity contribution in [2.75, 3.05) is 13.2 Å². The number of ether oxygens (including phenoxy) is 2. The third-order valence-corrected chi connectivity index (χ3v) is 6.22. The van der Waals surface area contributed by atoms with Gasteiger partial charge in [0.15, 0.2) is 18.1 Å². The molecule has 0 saturated heterocycles. The van der Waals surface area contributed by atoms with Crippen LogP contribution in [0.5, 0.6) is 11.5 Å². The van der Waals surface area contributed by atoms with Crippen molar-refractivity contribution in [2.24, 2.45) is 0 Å². The summed E-state index contributed by atoms with van der Waals surface area (Å²) in [7, 11) is 0. The van der Waals surface area contributed by atoms with Crippen LogP contribution in [0.3, 0.4) is 0 Å². The van der Waals surface area contributed by atoms with E-state index in [4.69, 9.17) is 14.6 Å². The second-order valence-corrected chi connectivity index (χ2v) is 9.34. The fourth-order valence-electron chi connectivity index (χ4n) is 4.76. The summed E-state index contributed by atoms with van der Waals surface area (Å²) >= 11 is 0. The first-order valence-electron chi connectivity index (χ1n) is 11.7. The quantitative estimate of drug-likeness (QED) is 0.598. The topological polar surface area (TPSA) is 78.3 Å². The molecule has 1 aliphatic heterocycles. The molecule has 0 radical (unpaired) electrons. The predicted molar refractivity (Wildman–Crippen MR) is 125 cm³/mol. The number of nitrogens with one attached hydrogen (secondary N) is 1. The van der Waals surface area contributed by atoms with Gasteiger partial charge in [0.1, 0.15) is 11.3 Å². The number of pyridine rings is 1. The number of benzene rings is 1. The molecule has 3 heterocycles. The average molecular weight is 447 g/mol. The van der Waals surface area contributed by atoms with Crippen molar-refractivity contribution < 1.29 is 14.3 Å². The van der Waals surface area contributed by atoms with Crippen molar-refractivity contribution in [3.8, 4) is 22.9 Å². The average Bonchev–Trinajstić information content (AvgIpc) is 3.34. The van der Waals surface area contributed by atoms with Gasteiger partial charge in [0.25, 0.3) is 5.91 Å². The highest BCUT2D eigenvalue weighted by Gasteiger charge is 2.32. The molecule has 0 atom stereocenters. The molecule has 2 aliphatic rings. The molecule has 0 unspecified atom stereocenters. The van der Waals surface area contributed by atoms with Crippen molar-refractivity contribution in [3.63, 3.8) is 0 Å². The molecule has 0 fully saturated rings. The van der Waals surface area contributed by atoms with Gasteiger partial charge in [-0.25, -0.2) is 0 Å². The number of fused-ring (bicyclic) bond motifs is 2. The summed E-state index contributed by atoms with van der Waals surface area (Å²) in [4.78, 5) is 16.9. The zero-order chi connectivity index (χ0) is 22.8. The number of para-hydroxylation sites is 1. The maximum atomic E-state index is 12.4. The van der Waals surface area contributed by atoms with E-state index in [2.05, 4.69) is 24.1 Å². The number of carbonyl (C=O) groups excluding carboxylic acids is 1. The molecule has 1 N–H and O–H groups in total. The van der Waals surface area contributed by atoms with Crippen LogP contribution in [0.4, 0.5) is 0 Å². The fraction of sp³-hybridized carbons (Fsp3) is 0.423. The molecule has 0 saturated carbocycles. The number of aromatic nitrogens is 3. The summed E-state index contributed by atoms with van der Waals surface area (Å²) in [5.41, 5.74) is 5.32. The van der Waals surface area contributed by atoms with E-state index in [9.17, 15) is 4.79 Å². The Hall–Kier alpha value is -3.35. The molecular weight excluding hydrogens is 416 g/mol. The molecule has 3 aromatic rings. The summed E-state index contributed by atoms with van der Waals surface area (Å²) in [6.45, 7) is 5.18. The molecule has 0 spiro atoms. The Morgan fingerprint density at radius 3 is 2.91 bits per heavy atom. The van der Waals surface area contributed by atoms with E-state index in [1.807, 2.05) is 41.1 Å². The Labute approximate surface area is 194 Å². The molecule has 7 heteroatoms. The zero-order valence-electron chi connectivity index (χ0n) is 19.3. The number of carbonyl (C=O) groups is 1. The van der Waals surface area contributed by atoms with Crippen LogP contribution in [0.2, 0.25) is 0 Å². The molecule has 1 aromatic carbocycles. The van der Waals surface area contributed by atoms with Crippen molar-refractivity contribution in [1.82, 2.24) is 20.1 Å².